The predicted octanol–water partition coefficient (Wildman–Crippen LogP) is 2.75. The molecule has 1 aromatic heterocycles. The van der Waals surface area contributed by atoms with Gasteiger partial charge in [0.1, 0.15) is 5.75 Å². The average molecular weight is 232 g/mol. The van der Waals surface area contributed by atoms with Gasteiger partial charge in [-0.2, -0.15) is 0 Å². The summed E-state index contributed by atoms with van der Waals surface area (Å²) in [5.41, 5.74) is 1.93. The molecule has 80 valence electrons. The van der Waals surface area contributed by atoms with Gasteiger partial charge in [0.25, 0.3) is 0 Å². The number of benzene rings is 1. The SMILES string of the molecule is O=Cc1cc(-c2ccc(O)c(C=O)c2)cs1. The van der Waals surface area contributed by atoms with Crippen molar-refractivity contribution in [3.05, 3.63) is 40.1 Å². The normalized spacial score (nSPS) is 10.0. The number of phenols is 1. The van der Waals surface area contributed by atoms with Gasteiger partial charge in [0, 0.05) is 0 Å². The van der Waals surface area contributed by atoms with E-state index in [0.717, 1.165) is 17.4 Å². The van der Waals surface area contributed by atoms with Crippen LogP contribution in [0, 0.1) is 0 Å². The van der Waals surface area contributed by atoms with Crippen molar-refractivity contribution in [2.75, 3.05) is 0 Å². The van der Waals surface area contributed by atoms with Crippen LogP contribution in [0.5, 0.6) is 5.75 Å². The Balaban J connectivity index is 2.47. The van der Waals surface area contributed by atoms with E-state index in [9.17, 15) is 14.7 Å². The molecular weight excluding hydrogens is 224 g/mol. The van der Waals surface area contributed by atoms with Gasteiger partial charge in [-0.3, -0.25) is 9.59 Å². The van der Waals surface area contributed by atoms with E-state index in [1.54, 1.807) is 18.2 Å². The second-order valence-corrected chi connectivity index (χ2v) is 4.19. The van der Waals surface area contributed by atoms with Gasteiger partial charge in [0.05, 0.1) is 10.4 Å². The van der Waals surface area contributed by atoms with Gasteiger partial charge in [-0.15, -0.1) is 11.3 Å². The van der Waals surface area contributed by atoms with E-state index >= 15 is 0 Å². The minimum atomic E-state index is -0.0374. The molecule has 0 fully saturated rings. The van der Waals surface area contributed by atoms with Crippen LogP contribution < -0.4 is 0 Å². The first-order chi connectivity index (χ1) is 7.74. The Hall–Kier alpha value is -1.94. The summed E-state index contributed by atoms with van der Waals surface area (Å²) in [4.78, 5) is 21.8. The fourth-order valence-electron chi connectivity index (χ4n) is 1.39. The lowest BCUT2D eigenvalue weighted by atomic mass is 10.1. The Morgan fingerprint density at radius 3 is 2.50 bits per heavy atom. The lowest BCUT2D eigenvalue weighted by Gasteiger charge is -2.00. The first-order valence-corrected chi connectivity index (χ1v) is 5.45. The minimum absolute atomic E-state index is 0.0374. The van der Waals surface area contributed by atoms with Crippen molar-refractivity contribution in [1.82, 2.24) is 0 Å². The molecule has 4 heteroatoms. The van der Waals surface area contributed by atoms with Crippen LogP contribution in [-0.4, -0.2) is 17.7 Å². The second-order valence-electron chi connectivity index (χ2n) is 3.25. The fraction of sp³-hybridized carbons (Fsp3) is 0. The Morgan fingerprint density at radius 2 is 1.88 bits per heavy atom. The molecule has 0 aliphatic carbocycles. The van der Waals surface area contributed by atoms with Crippen molar-refractivity contribution in [3.63, 3.8) is 0 Å². The zero-order valence-electron chi connectivity index (χ0n) is 8.21. The fourth-order valence-corrected chi connectivity index (χ4v) is 2.11. The third-order valence-corrected chi connectivity index (χ3v) is 3.08. The topological polar surface area (TPSA) is 54.4 Å². The highest BCUT2D eigenvalue weighted by molar-refractivity contribution is 7.12. The highest BCUT2D eigenvalue weighted by Crippen LogP contribution is 2.28. The van der Waals surface area contributed by atoms with Crippen molar-refractivity contribution < 1.29 is 14.7 Å². The van der Waals surface area contributed by atoms with Crippen LogP contribution in [0.3, 0.4) is 0 Å². The number of rotatable bonds is 3. The average Bonchev–Trinajstić information content (AvgIpc) is 2.78. The van der Waals surface area contributed by atoms with Gasteiger partial charge in [0.15, 0.2) is 12.6 Å². The quantitative estimate of drug-likeness (QED) is 0.828. The van der Waals surface area contributed by atoms with Crippen molar-refractivity contribution >= 4 is 23.9 Å². The summed E-state index contributed by atoms with van der Waals surface area (Å²) in [6.45, 7) is 0. The molecule has 0 bridgehead atoms. The van der Waals surface area contributed by atoms with E-state index < -0.39 is 0 Å². The van der Waals surface area contributed by atoms with Crippen molar-refractivity contribution in [1.29, 1.82) is 0 Å². The molecule has 0 saturated heterocycles. The van der Waals surface area contributed by atoms with Gasteiger partial charge in [-0.1, -0.05) is 6.07 Å². The lowest BCUT2D eigenvalue weighted by molar-refractivity contribution is 0.111. The van der Waals surface area contributed by atoms with Crippen LogP contribution in [-0.2, 0) is 0 Å². The van der Waals surface area contributed by atoms with Gasteiger partial charge in [-0.25, -0.2) is 0 Å². The smallest absolute Gasteiger partial charge is 0.160 e. The van der Waals surface area contributed by atoms with Gasteiger partial charge >= 0.3 is 0 Å². The Labute approximate surface area is 96.0 Å². The summed E-state index contributed by atoms with van der Waals surface area (Å²) in [5.74, 6) is -0.0374. The summed E-state index contributed by atoms with van der Waals surface area (Å²) >= 11 is 1.34. The molecule has 0 aliphatic heterocycles. The molecule has 0 saturated carbocycles. The summed E-state index contributed by atoms with van der Waals surface area (Å²) < 4.78 is 0. The number of carbonyl (C=O) groups is 2. The number of hydrogen-bond donors (Lipinski definition) is 1. The molecule has 2 aromatic rings. The maximum atomic E-state index is 10.7. The molecule has 0 atom stereocenters. The number of hydrogen-bond acceptors (Lipinski definition) is 4. The highest BCUT2D eigenvalue weighted by Gasteiger charge is 2.05. The first-order valence-electron chi connectivity index (χ1n) is 4.57. The highest BCUT2D eigenvalue weighted by atomic mass is 32.1. The van der Waals surface area contributed by atoms with Gasteiger partial charge < -0.3 is 5.11 Å². The third-order valence-electron chi connectivity index (χ3n) is 2.22. The molecule has 0 unspecified atom stereocenters. The van der Waals surface area contributed by atoms with Crippen molar-refractivity contribution in [3.8, 4) is 16.9 Å². The van der Waals surface area contributed by atoms with E-state index in [2.05, 4.69) is 0 Å². The van der Waals surface area contributed by atoms with Crippen LogP contribution in [0.4, 0.5) is 0 Å². The molecule has 1 N–H and O–H groups in total. The van der Waals surface area contributed by atoms with Crippen LogP contribution >= 0.6 is 11.3 Å². The minimum Gasteiger partial charge on any atom is -0.507 e. The second kappa shape index (κ2) is 4.28. The van der Waals surface area contributed by atoms with E-state index in [0.29, 0.717) is 11.2 Å². The third kappa shape index (κ3) is 1.87. The van der Waals surface area contributed by atoms with Crippen LogP contribution in [0.2, 0.25) is 0 Å². The summed E-state index contributed by atoms with van der Waals surface area (Å²) in [5, 5.41) is 11.2. The molecule has 2 rings (SSSR count). The van der Waals surface area contributed by atoms with Crippen molar-refractivity contribution in [2.24, 2.45) is 0 Å². The first kappa shape index (κ1) is 10.6. The number of phenolic OH excluding ortho intramolecular Hbond substituents is 1. The van der Waals surface area contributed by atoms with E-state index in [-0.39, 0.29) is 11.3 Å². The summed E-state index contributed by atoms with van der Waals surface area (Å²) in [7, 11) is 0. The standard InChI is InChI=1S/C12H8O3S/c13-5-9-3-8(1-2-12(9)15)10-4-11(6-14)16-7-10/h1-7,15H. The molecule has 0 amide bonds. The predicted molar refractivity (Wildman–Crippen MR) is 62.2 cm³/mol. The number of aromatic hydroxyl groups is 1. The molecule has 0 radical (unpaired) electrons. The Kier molecular flexibility index (Phi) is 2.83. The van der Waals surface area contributed by atoms with Crippen LogP contribution in [0.25, 0.3) is 11.1 Å². The largest absolute Gasteiger partial charge is 0.507 e. The summed E-state index contributed by atoms with van der Waals surface area (Å²) in [6, 6.07) is 6.52. The number of aldehydes is 2. The molecule has 0 aliphatic rings. The molecule has 16 heavy (non-hydrogen) atoms. The lowest BCUT2D eigenvalue weighted by Crippen LogP contribution is -1.82. The maximum Gasteiger partial charge on any atom is 0.160 e. The van der Waals surface area contributed by atoms with E-state index in [1.165, 1.54) is 17.4 Å². The van der Waals surface area contributed by atoms with Crippen molar-refractivity contribution in [2.45, 2.75) is 0 Å². The Bertz CT molecular complexity index is 543. The van der Waals surface area contributed by atoms with E-state index in [1.807, 2.05) is 5.38 Å². The van der Waals surface area contributed by atoms with E-state index in [4.69, 9.17) is 0 Å². The number of carbonyl (C=O) groups excluding carboxylic acids is 2. The molecular formula is C12H8O3S. The Morgan fingerprint density at radius 1 is 1.06 bits per heavy atom. The maximum absolute atomic E-state index is 10.7. The van der Waals surface area contributed by atoms with Gasteiger partial charge in [-0.05, 0) is 34.7 Å². The molecule has 0 spiro atoms. The number of thiophene rings is 1. The van der Waals surface area contributed by atoms with Crippen LogP contribution in [0.1, 0.15) is 20.0 Å². The monoisotopic (exact) mass is 232 g/mol. The molecule has 3 nitrogen and oxygen atoms in total. The zero-order chi connectivity index (χ0) is 11.5. The molecule has 1 heterocycles. The van der Waals surface area contributed by atoms with Gasteiger partial charge in [0.2, 0.25) is 0 Å². The summed E-state index contributed by atoms with van der Waals surface area (Å²) in [6.07, 6.45) is 1.39. The molecule has 1 aromatic carbocycles. The van der Waals surface area contributed by atoms with Crippen LogP contribution in [0.15, 0.2) is 29.6 Å². The zero-order valence-corrected chi connectivity index (χ0v) is 9.03.